The van der Waals surface area contributed by atoms with Gasteiger partial charge in [0.15, 0.2) is 0 Å². The third kappa shape index (κ3) is 2.90. The van der Waals surface area contributed by atoms with Crippen LogP contribution in [0, 0.1) is 28.6 Å². The van der Waals surface area contributed by atoms with Gasteiger partial charge in [0.2, 0.25) is 0 Å². The molecule has 4 nitrogen and oxygen atoms in total. The number of allylic oxidation sites excluding steroid dienone is 3. The largest absolute Gasteiger partial charge is 0.393 e. The molecule has 0 aromatic rings. The van der Waals surface area contributed by atoms with Gasteiger partial charge in [-0.1, -0.05) is 36.7 Å². The van der Waals surface area contributed by atoms with Crippen molar-refractivity contribution in [3.05, 3.63) is 23.3 Å². The molecule has 0 amide bonds. The van der Waals surface area contributed by atoms with E-state index in [0.29, 0.717) is 17.9 Å². The van der Waals surface area contributed by atoms with Crippen molar-refractivity contribution < 1.29 is 14.7 Å². The Morgan fingerprint density at radius 1 is 1.18 bits per heavy atom. The highest BCUT2D eigenvalue weighted by Gasteiger charge is 2.56. The maximum atomic E-state index is 10.2. The molecule has 0 bridgehead atoms. The lowest BCUT2D eigenvalue weighted by atomic mass is 9.47. The summed E-state index contributed by atoms with van der Waals surface area (Å²) in [5, 5.41) is 14.6. The Bertz CT molecular complexity index is 736. The van der Waals surface area contributed by atoms with Crippen LogP contribution in [-0.4, -0.2) is 36.2 Å². The summed E-state index contributed by atoms with van der Waals surface area (Å²) in [5.74, 6) is 2.23. The average molecular weight is 386 g/mol. The van der Waals surface area contributed by atoms with E-state index in [9.17, 15) is 5.11 Å². The molecule has 0 aromatic carbocycles. The number of ether oxygens (including phenoxy) is 1. The predicted molar refractivity (Wildman–Crippen MR) is 110 cm³/mol. The topological polar surface area (TPSA) is 54.3 Å². The van der Waals surface area contributed by atoms with E-state index in [1.165, 1.54) is 31.3 Å². The van der Waals surface area contributed by atoms with Crippen molar-refractivity contribution in [3.8, 4) is 0 Å². The lowest BCUT2D eigenvalue weighted by Crippen LogP contribution is -2.50. The predicted octanol–water partition coefficient (Wildman–Crippen LogP) is 4.64. The number of fused-ring (bicyclic) bond motifs is 5. The Hall–Kier alpha value is -1.13. The molecule has 28 heavy (non-hydrogen) atoms. The van der Waals surface area contributed by atoms with Crippen molar-refractivity contribution in [2.75, 3.05) is 13.2 Å². The van der Waals surface area contributed by atoms with Crippen LogP contribution in [0.2, 0.25) is 0 Å². The molecule has 1 saturated heterocycles. The Morgan fingerprint density at radius 2 is 1.96 bits per heavy atom. The van der Waals surface area contributed by atoms with Gasteiger partial charge in [-0.3, -0.25) is 0 Å². The minimum atomic E-state index is -0.121. The summed E-state index contributed by atoms with van der Waals surface area (Å²) in [6.45, 7) is 8.47. The lowest BCUT2D eigenvalue weighted by Gasteiger charge is -2.57. The van der Waals surface area contributed by atoms with E-state index in [1.807, 2.05) is 0 Å². The molecule has 5 aliphatic rings. The zero-order valence-corrected chi connectivity index (χ0v) is 17.6. The van der Waals surface area contributed by atoms with Gasteiger partial charge in [-0.15, -0.1) is 0 Å². The summed E-state index contributed by atoms with van der Waals surface area (Å²) < 4.78 is 5.21. The molecule has 2 saturated carbocycles. The molecule has 4 heteroatoms. The summed E-state index contributed by atoms with van der Waals surface area (Å²) in [5.41, 5.74) is 4.57. The van der Waals surface area contributed by atoms with Crippen molar-refractivity contribution in [3.63, 3.8) is 0 Å². The molecule has 154 valence electrons. The van der Waals surface area contributed by atoms with Crippen LogP contribution in [0.5, 0.6) is 0 Å². The average Bonchev–Trinajstić information content (AvgIpc) is 3.41. The number of hydrogen-bond donors (Lipinski definition) is 1. The van der Waals surface area contributed by atoms with Gasteiger partial charge in [-0.05, 0) is 86.0 Å². The number of oxime groups is 1. The molecule has 1 heterocycles. The van der Waals surface area contributed by atoms with Crippen LogP contribution >= 0.6 is 0 Å². The van der Waals surface area contributed by atoms with E-state index in [4.69, 9.17) is 9.57 Å². The summed E-state index contributed by atoms with van der Waals surface area (Å²) in [7, 11) is 0. The molecule has 1 N–H and O–H groups in total. The number of hydrogen-bond acceptors (Lipinski definition) is 4. The maximum Gasteiger partial charge on any atom is 0.145 e. The van der Waals surface area contributed by atoms with E-state index in [2.05, 4.69) is 38.1 Å². The van der Waals surface area contributed by atoms with E-state index in [0.717, 1.165) is 43.4 Å². The highest BCUT2D eigenvalue weighted by Crippen LogP contribution is 2.65. The van der Waals surface area contributed by atoms with Gasteiger partial charge in [0.1, 0.15) is 12.7 Å². The van der Waals surface area contributed by atoms with Gasteiger partial charge in [-0.25, -0.2) is 0 Å². The number of epoxide rings is 1. The summed E-state index contributed by atoms with van der Waals surface area (Å²) in [4.78, 5) is 5.55. The first-order valence-electron chi connectivity index (χ1n) is 11.3. The smallest absolute Gasteiger partial charge is 0.145 e. The van der Waals surface area contributed by atoms with Crippen LogP contribution in [0.25, 0.3) is 0 Å². The Kier molecular flexibility index (Phi) is 4.52. The van der Waals surface area contributed by atoms with Crippen LogP contribution in [-0.2, 0) is 9.57 Å². The van der Waals surface area contributed by atoms with Gasteiger partial charge in [-0.2, -0.15) is 0 Å². The second-order valence-electron chi connectivity index (χ2n) is 10.4. The molecule has 4 aliphatic carbocycles. The van der Waals surface area contributed by atoms with Crippen molar-refractivity contribution in [1.29, 1.82) is 0 Å². The molecule has 0 radical (unpaired) electrons. The van der Waals surface area contributed by atoms with Crippen LogP contribution in [0.1, 0.15) is 65.7 Å². The number of rotatable bonds is 4. The van der Waals surface area contributed by atoms with Gasteiger partial charge >= 0.3 is 0 Å². The third-order valence-electron chi connectivity index (χ3n) is 8.91. The third-order valence-corrected chi connectivity index (χ3v) is 8.91. The number of aliphatic hydroxyl groups is 1. The summed E-state index contributed by atoms with van der Waals surface area (Å²) in [6, 6.07) is 0. The van der Waals surface area contributed by atoms with Crippen molar-refractivity contribution in [1.82, 2.24) is 0 Å². The standard InChI is InChI=1S/C24H35NO3/c1-15(25-28-14-18-13-27-18)20-6-7-21-19-5-4-16-12-17(26)8-10-23(16,2)22(19)9-11-24(20,21)3/h4,6,17-19,21-22,26H,5,7-14H2,1-3H3/b25-15-. The molecule has 7 atom stereocenters. The van der Waals surface area contributed by atoms with Crippen molar-refractivity contribution in [2.24, 2.45) is 33.7 Å². The van der Waals surface area contributed by atoms with E-state index >= 15 is 0 Å². The zero-order chi connectivity index (χ0) is 19.5. The number of aliphatic hydroxyl groups excluding tert-OH is 1. The second-order valence-corrected chi connectivity index (χ2v) is 10.4. The fourth-order valence-electron chi connectivity index (χ4n) is 7.20. The first-order valence-corrected chi connectivity index (χ1v) is 11.3. The normalized spacial score (nSPS) is 47.4. The molecule has 7 unspecified atom stereocenters. The Labute approximate surface area is 169 Å². The fraction of sp³-hybridized carbons (Fsp3) is 0.792. The summed E-state index contributed by atoms with van der Waals surface area (Å²) in [6.07, 6.45) is 13.0. The minimum Gasteiger partial charge on any atom is -0.393 e. The van der Waals surface area contributed by atoms with Gasteiger partial charge in [0.25, 0.3) is 0 Å². The first-order chi connectivity index (χ1) is 13.4. The highest BCUT2D eigenvalue weighted by molar-refractivity contribution is 5.99. The molecule has 0 spiro atoms. The van der Waals surface area contributed by atoms with Crippen LogP contribution < -0.4 is 0 Å². The lowest BCUT2D eigenvalue weighted by molar-refractivity contribution is -0.0280. The minimum absolute atomic E-state index is 0.121. The molecule has 1 aliphatic heterocycles. The van der Waals surface area contributed by atoms with Gasteiger partial charge < -0.3 is 14.7 Å². The maximum absolute atomic E-state index is 10.2. The molecule has 3 fully saturated rings. The molecule has 5 rings (SSSR count). The highest BCUT2D eigenvalue weighted by atomic mass is 16.7. The van der Waals surface area contributed by atoms with E-state index in [-0.39, 0.29) is 17.6 Å². The van der Waals surface area contributed by atoms with Gasteiger partial charge in [0, 0.05) is 0 Å². The quantitative estimate of drug-likeness (QED) is 0.332. The monoisotopic (exact) mass is 385 g/mol. The van der Waals surface area contributed by atoms with Crippen molar-refractivity contribution in [2.45, 2.75) is 77.9 Å². The number of nitrogens with zero attached hydrogens (tertiary/aromatic N) is 1. The van der Waals surface area contributed by atoms with Crippen LogP contribution in [0.4, 0.5) is 0 Å². The molecular formula is C24H35NO3. The van der Waals surface area contributed by atoms with Crippen LogP contribution in [0.15, 0.2) is 28.5 Å². The van der Waals surface area contributed by atoms with Crippen molar-refractivity contribution >= 4 is 5.71 Å². The fourth-order valence-corrected chi connectivity index (χ4v) is 7.20. The Morgan fingerprint density at radius 3 is 2.75 bits per heavy atom. The van der Waals surface area contributed by atoms with Crippen LogP contribution in [0.3, 0.4) is 0 Å². The molecular weight excluding hydrogens is 350 g/mol. The van der Waals surface area contributed by atoms with E-state index in [1.54, 1.807) is 5.57 Å². The first kappa shape index (κ1) is 18.9. The Balaban J connectivity index is 1.36. The SMILES string of the molecule is C/C(=N/OCC1CO1)C1=CCC2C3CC=C4CC(O)CCC4(C)C3CCC12C. The summed E-state index contributed by atoms with van der Waals surface area (Å²) >= 11 is 0. The zero-order valence-electron chi connectivity index (χ0n) is 17.6. The van der Waals surface area contributed by atoms with E-state index < -0.39 is 0 Å². The second kappa shape index (κ2) is 6.70. The molecule has 0 aromatic heterocycles. The van der Waals surface area contributed by atoms with Gasteiger partial charge in [0.05, 0.1) is 18.4 Å².